The molecule has 6 rings (SSSR count). The molecule has 0 saturated carbocycles. The standard InChI is InChI=1S/C30H28Cl2N6O/c1-19-15-25(38-14-12-34-29(38)20-7-3-2-4-8-20)22-10-5-11-26(28(22)36-19)39-18-23-24(31)17-35-30(27(23)32)37-13-6-9-21(37)16-33/h2-5,7-8,10-12,14-15,17,21H,6,9,13,16,18,33H2,1H3/t21-/m0/s1. The average Bonchev–Trinajstić information content (AvgIpc) is 3.63. The van der Waals surface area contributed by atoms with Gasteiger partial charge < -0.3 is 15.4 Å². The summed E-state index contributed by atoms with van der Waals surface area (Å²) >= 11 is 13.4. The fraction of sp³-hybridized carbons (Fsp3) is 0.233. The number of nitrogens with two attached hydrogens (primary N) is 1. The van der Waals surface area contributed by atoms with Crippen LogP contribution in [0.25, 0.3) is 28.0 Å². The van der Waals surface area contributed by atoms with Crippen molar-refractivity contribution in [2.45, 2.75) is 32.4 Å². The fourth-order valence-corrected chi connectivity index (χ4v) is 5.84. The van der Waals surface area contributed by atoms with Gasteiger partial charge in [-0.05, 0) is 31.9 Å². The Bertz CT molecular complexity index is 1640. The lowest BCUT2D eigenvalue weighted by atomic mass is 10.1. The van der Waals surface area contributed by atoms with Gasteiger partial charge in [0.25, 0.3) is 0 Å². The van der Waals surface area contributed by atoms with Crippen molar-refractivity contribution in [1.29, 1.82) is 0 Å². The third-order valence-electron chi connectivity index (χ3n) is 7.18. The second-order valence-corrected chi connectivity index (χ2v) is 10.4. The second kappa shape index (κ2) is 10.8. The Morgan fingerprint density at radius 2 is 1.92 bits per heavy atom. The number of hydrogen-bond donors (Lipinski definition) is 1. The van der Waals surface area contributed by atoms with Crippen molar-refractivity contribution < 1.29 is 4.74 Å². The molecule has 1 fully saturated rings. The van der Waals surface area contributed by atoms with Crippen LogP contribution < -0.4 is 15.4 Å². The molecule has 0 aliphatic carbocycles. The summed E-state index contributed by atoms with van der Waals surface area (Å²) in [4.78, 5) is 16.2. The zero-order valence-electron chi connectivity index (χ0n) is 21.5. The molecule has 0 spiro atoms. The number of pyridine rings is 2. The van der Waals surface area contributed by atoms with Crippen LogP contribution >= 0.6 is 23.2 Å². The number of fused-ring (bicyclic) bond motifs is 1. The van der Waals surface area contributed by atoms with Crippen LogP contribution in [0, 0.1) is 6.92 Å². The molecule has 9 heteroatoms. The summed E-state index contributed by atoms with van der Waals surface area (Å²) in [5.74, 6) is 2.20. The van der Waals surface area contributed by atoms with Crippen molar-refractivity contribution in [2.24, 2.45) is 5.73 Å². The van der Waals surface area contributed by atoms with Crippen LogP contribution in [0.1, 0.15) is 24.1 Å². The highest BCUT2D eigenvalue weighted by Gasteiger charge is 2.28. The van der Waals surface area contributed by atoms with E-state index in [-0.39, 0.29) is 12.6 Å². The zero-order chi connectivity index (χ0) is 26.9. The summed E-state index contributed by atoms with van der Waals surface area (Å²) in [6.07, 6.45) is 7.50. The smallest absolute Gasteiger partial charge is 0.148 e. The van der Waals surface area contributed by atoms with Gasteiger partial charge in [-0.15, -0.1) is 0 Å². The third-order valence-corrected chi connectivity index (χ3v) is 7.91. The van der Waals surface area contributed by atoms with Gasteiger partial charge >= 0.3 is 0 Å². The van der Waals surface area contributed by atoms with Gasteiger partial charge in [0, 0.05) is 59.9 Å². The van der Waals surface area contributed by atoms with E-state index in [2.05, 4.69) is 37.6 Å². The van der Waals surface area contributed by atoms with Crippen LogP contribution in [0.2, 0.25) is 10.0 Å². The van der Waals surface area contributed by atoms with E-state index >= 15 is 0 Å². The summed E-state index contributed by atoms with van der Waals surface area (Å²) in [5, 5.41) is 1.91. The molecule has 1 aliphatic rings. The number of imidazole rings is 1. The number of ether oxygens (including phenoxy) is 1. The first-order valence-corrected chi connectivity index (χ1v) is 13.7. The summed E-state index contributed by atoms with van der Waals surface area (Å²) in [7, 11) is 0. The van der Waals surface area contributed by atoms with Crippen LogP contribution in [0.5, 0.6) is 5.75 Å². The molecule has 5 aromatic rings. The largest absolute Gasteiger partial charge is 0.487 e. The lowest BCUT2D eigenvalue weighted by Crippen LogP contribution is -2.36. The van der Waals surface area contributed by atoms with Crippen LogP contribution in [0.4, 0.5) is 5.82 Å². The van der Waals surface area contributed by atoms with E-state index in [0.29, 0.717) is 33.7 Å². The molecule has 198 valence electrons. The molecule has 0 bridgehead atoms. The Morgan fingerprint density at radius 3 is 2.74 bits per heavy atom. The predicted octanol–water partition coefficient (Wildman–Crippen LogP) is 6.60. The number of aryl methyl sites for hydroxylation is 1. The number of hydrogen-bond acceptors (Lipinski definition) is 6. The van der Waals surface area contributed by atoms with E-state index < -0.39 is 0 Å². The van der Waals surface area contributed by atoms with Gasteiger partial charge in [0.1, 0.15) is 29.5 Å². The Balaban J connectivity index is 1.36. The molecule has 2 N–H and O–H groups in total. The second-order valence-electron chi connectivity index (χ2n) is 9.66. The molecule has 1 atom stereocenters. The SMILES string of the molecule is Cc1cc(-n2ccnc2-c2ccccc2)c2cccc(OCc3c(Cl)cnc(N4CCC[C@H]4CN)c3Cl)c2n1. The minimum absolute atomic E-state index is 0.179. The minimum atomic E-state index is 0.179. The monoisotopic (exact) mass is 558 g/mol. The quantitative estimate of drug-likeness (QED) is 0.242. The first-order chi connectivity index (χ1) is 19.0. The van der Waals surface area contributed by atoms with E-state index in [4.69, 9.17) is 38.7 Å². The van der Waals surface area contributed by atoms with Crippen molar-refractivity contribution in [2.75, 3.05) is 18.0 Å². The highest BCUT2D eigenvalue weighted by atomic mass is 35.5. The zero-order valence-corrected chi connectivity index (χ0v) is 23.0. The van der Waals surface area contributed by atoms with E-state index in [1.807, 2.05) is 55.7 Å². The van der Waals surface area contributed by atoms with E-state index in [0.717, 1.165) is 53.1 Å². The van der Waals surface area contributed by atoms with E-state index in [9.17, 15) is 0 Å². The molecule has 1 saturated heterocycles. The number of halogens is 2. The minimum Gasteiger partial charge on any atom is -0.487 e. The van der Waals surface area contributed by atoms with Gasteiger partial charge in [0.05, 0.1) is 15.7 Å². The number of para-hydroxylation sites is 1. The highest BCUT2D eigenvalue weighted by Crippen LogP contribution is 2.37. The molecule has 0 radical (unpaired) electrons. The first kappa shape index (κ1) is 25.6. The van der Waals surface area contributed by atoms with Gasteiger partial charge in [-0.2, -0.15) is 0 Å². The topological polar surface area (TPSA) is 82.1 Å². The van der Waals surface area contributed by atoms with E-state index in [1.165, 1.54) is 0 Å². The predicted molar refractivity (Wildman–Crippen MR) is 157 cm³/mol. The Hall–Kier alpha value is -3.65. The van der Waals surface area contributed by atoms with Gasteiger partial charge in [0.15, 0.2) is 0 Å². The van der Waals surface area contributed by atoms with Crippen molar-refractivity contribution in [3.63, 3.8) is 0 Å². The van der Waals surface area contributed by atoms with E-state index in [1.54, 1.807) is 6.20 Å². The normalized spacial score (nSPS) is 15.3. The van der Waals surface area contributed by atoms with Crippen LogP contribution in [0.3, 0.4) is 0 Å². The summed E-state index contributed by atoms with van der Waals surface area (Å²) in [6, 6.07) is 18.3. The van der Waals surface area contributed by atoms with Crippen LogP contribution in [-0.2, 0) is 6.61 Å². The molecule has 0 unspecified atom stereocenters. The summed E-state index contributed by atoms with van der Waals surface area (Å²) < 4.78 is 8.44. The first-order valence-electron chi connectivity index (χ1n) is 13.0. The maximum atomic E-state index is 6.86. The fourth-order valence-electron chi connectivity index (χ4n) is 5.28. The van der Waals surface area contributed by atoms with Crippen LogP contribution in [0.15, 0.2) is 73.2 Å². The number of anilines is 1. The van der Waals surface area contributed by atoms with Gasteiger partial charge in [0.2, 0.25) is 0 Å². The third kappa shape index (κ3) is 4.82. The molecular weight excluding hydrogens is 531 g/mol. The Morgan fingerprint density at radius 1 is 1.08 bits per heavy atom. The van der Waals surface area contributed by atoms with Gasteiger partial charge in [-0.25, -0.2) is 15.0 Å². The van der Waals surface area contributed by atoms with Crippen molar-refractivity contribution >= 4 is 39.9 Å². The Kier molecular flexibility index (Phi) is 7.12. The number of rotatable bonds is 7. The highest BCUT2D eigenvalue weighted by molar-refractivity contribution is 6.37. The summed E-state index contributed by atoms with van der Waals surface area (Å²) in [5.41, 5.74) is 10.3. The lowest BCUT2D eigenvalue weighted by Gasteiger charge is -2.26. The van der Waals surface area contributed by atoms with Gasteiger partial charge in [-0.3, -0.25) is 4.57 Å². The average molecular weight is 560 g/mol. The molecule has 39 heavy (non-hydrogen) atoms. The van der Waals surface area contributed by atoms with Crippen molar-refractivity contribution in [3.05, 3.63) is 94.5 Å². The molecular formula is C30H28Cl2N6O. The molecule has 3 aromatic heterocycles. The Labute approximate surface area is 237 Å². The van der Waals surface area contributed by atoms with Gasteiger partial charge in [-0.1, -0.05) is 65.7 Å². The lowest BCUT2D eigenvalue weighted by molar-refractivity contribution is 0.309. The number of benzene rings is 2. The maximum absolute atomic E-state index is 6.86. The number of nitrogens with zero attached hydrogens (tertiary/aromatic N) is 5. The summed E-state index contributed by atoms with van der Waals surface area (Å²) in [6.45, 7) is 3.58. The van der Waals surface area contributed by atoms with Crippen LogP contribution in [-0.4, -0.2) is 38.7 Å². The molecule has 1 aliphatic heterocycles. The maximum Gasteiger partial charge on any atom is 0.148 e. The van der Waals surface area contributed by atoms with Crippen molar-refractivity contribution in [3.8, 4) is 22.8 Å². The molecule has 4 heterocycles. The molecule has 7 nitrogen and oxygen atoms in total. The molecule has 0 amide bonds. The van der Waals surface area contributed by atoms with Crippen molar-refractivity contribution in [1.82, 2.24) is 19.5 Å². The number of aromatic nitrogens is 4. The molecule has 2 aromatic carbocycles.